The molecule has 4 heteroatoms. The summed E-state index contributed by atoms with van der Waals surface area (Å²) in [5.74, 6) is -0.352. The van der Waals surface area contributed by atoms with Gasteiger partial charge in [-0.05, 0) is 29.4 Å². The fraction of sp³-hybridized carbons (Fsp3) is 0.235. The van der Waals surface area contributed by atoms with Crippen LogP contribution in [-0.2, 0) is 9.53 Å². The summed E-state index contributed by atoms with van der Waals surface area (Å²) in [7, 11) is 0. The molecule has 0 saturated carbocycles. The van der Waals surface area contributed by atoms with Crippen LogP contribution in [-0.4, -0.2) is 23.3 Å². The third-order valence-electron chi connectivity index (χ3n) is 3.14. The molecule has 0 aliphatic heterocycles. The van der Waals surface area contributed by atoms with Crippen molar-refractivity contribution in [2.75, 3.05) is 6.61 Å². The van der Waals surface area contributed by atoms with E-state index in [9.17, 15) is 9.90 Å². The van der Waals surface area contributed by atoms with Gasteiger partial charge in [0.25, 0.3) is 0 Å². The highest BCUT2D eigenvalue weighted by Gasteiger charge is 2.26. The first-order valence-corrected chi connectivity index (χ1v) is 7.05. The van der Waals surface area contributed by atoms with E-state index in [1.54, 1.807) is 18.2 Å². The molecule has 1 atom stereocenters. The molecule has 2 rings (SSSR count). The van der Waals surface area contributed by atoms with E-state index in [1.165, 1.54) is 6.92 Å². The van der Waals surface area contributed by atoms with Gasteiger partial charge in [0.2, 0.25) is 0 Å². The summed E-state index contributed by atoms with van der Waals surface area (Å²) in [4.78, 5) is 10.7. The van der Waals surface area contributed by atoms with Crippen LogP contribution in [0.1, 0.15) is 18.9 Å². The summed E-state index contributed by atoms with van der Waals surface area (Å²) in [6.07, 6.45) is 7.02. The summed E-state index contributed by atoms with van der Waals surface area (Å²) >= 11 is 6.31. The minimum atomic E-state index is -1.14. The highest BCUT2D eigenvalue weighted by Crippen LogP contribution is 2.35. The number of allylic oxidation sites excluding steroid dienone is 2. The van der Waals surface area contributed by atoms with E-state index >= 15 is 0 Å². The van der Waals surface area contributed by atoms with Gasteiger partial charge in [-0.3, -0.25) is 4.79 Å². The molecule has 110 valence electrons. The van der Waals surface area contributed by atoms with E-state index in [2.05, 4.69) is 0 Å². The van der Waals surface area contributed by atoms with E-state index in [0.29, 0.717) is 11.5 Å². The molecule has 1 aliphatic rings. The molecule has 0 aromatic heterocycles. The molecule has 0 heterocycles. The SMILES string of the molecule is CC(=O)OCC=CC1(O)C=CC(c2ccccc2)=C(Cl)C1. The van der Waals surface area contributed by atoms with Crippen molar-refractivity contribution in [3.63, 3.8) is 0 Å². The lowest BCUT2D eigenvalue weighted by Crippen LogP contribution is -2.25. The summed E-state index contributed by atoms with van der Waals surface area (Å²) in [6, 6.07) is 9.78. The average Bonchev–Trinajstić information content (AvgIpc) is 2.44. The van der Waals surface area contributed by atoms with E-state index < -0.39 is 5.60 Å². The lowest BCUT2D eigenvalue weighted by Gasteiger charge is -2.25. The van der Waals surface area contributed by atoms with Gasteiger partial charge in [0.1, 0.15) is 12.2 Å². The van der Waals surface area contributed by atoms with Gasteiger partial charge in [-0.1, -0.05) is 48.0 Å². The molecule has 1 N–H and O–H groups in total. The Labute approximate surface area is 129 Å². The van der Waals surface area contributed by atoms with Crippen molar-refractivity contribution in [3.05, 3.63) is 65.2 Å². The smallest absolute Gasteiger partial charge is 0.302 e. The second-order valence-corrected chi connectivity index (χ2v) is 5.35. The van der Waals surface area contributed by atoms with E-state index in [-0.39, 0.29) is 12.6 Å². The predicted molar refractivity (Wildman–Crippen MR) is 83.7 cm³/mol. The van der Waals surface area contributed by atoms with Crippen LogP contribution in [0.15, 0.2) is 59.7 Å². The highest BCUT2D eigenvalue weighted by molar-refractivity contribution is 6.33. The minimum Gasteiger partial charge on any atom is -0.462 e. The van der Waals surface area contributed by atoms with Crippen LogP contribution in [0, 0.1) is 0 Å². The average molecular weight is 305 g/mol. The molecular weight excluding hydrogens is 288 g/mol. The van der Waals surface area contributed by atoms with Crippen molar-refractivity contribution in [3.8, 4) is 0 Å². The Morgan fingerprint density at radius 3 is 2.76 bits per heavy atom. The number of hydrogen-bond donors (Lipinski definition) is 1. The Balaban J connectivity index is 2.08. The molecule has 0 spiro atoms. The Hall–Kier alpha value is -1.84. The zero-order valence-electron chi connectivity index (χ0n) is 11.8. The highest BCUT2D eigenvalue weighted by atomic mass is 35.5. The molecule has 1 aromatic rings. The Morgan fingerprint density at radius 1 is 1.43 bits per heavy atom. The topological polar surface area (TPSA) is 46.5 Å². The third kappa shape index (κ3) is 4.31. The number of aliphatic hydroxyl groups is 1. The summed E-state index contributed by atoms with van der Waals surface area (Å²) < 4.78 is 4.79. The first-order valence-electron chi connectivity index (χ1n) is 6.67. The molecule has 0 fully saturated rings. The summed E-state index contributed by atoms with van der Waals surface area (Å²) in [6.45, 7) is 1.48. The quantitative estimate of drug-likeness (QED) is 0.684. The molecule has 1 aliphatic carbocycles. The zero-order valence-corrected chi connectivity index (χ0v) is 12.5. The molecule has 0 bridgehead atoms. The molecule has 1 aromatic carbocycles. The maximum Gasteiger partial charge on any atom is 0.302 e. The normalized spacial score (nSPS) is 21.9. The molecule has 21 heavy (non-hydrogen) atoms. The zero-order chi connectivity index (χ0) is 15.3. The van der Waals surface area contributed by atoms with E-state index in [0.717, 1.165) is 11.1 Å². The van der Waals surface area contributed by atoms with E-state index in [1.807, 2.05) is 36.4 Å². The summed E-state index contributed by atoms with van der Waals surface area (Å²) in [5.41, 5.74) is 0.787. The third-order valence-corrected chi connectivity index (χ3v) is 3.48. The van der Waals surface area contributed by atoms with Crippen molar-refractivity contribution < 1.29 is 14.6 Å². The molecule has 3 nitrogen and oxygen atoms in total. The number of benzene rings is 1. The Bertz CT molecular complexity index is 602. The molecule has 0 saturated heterocycles. The molecular formula is C17H17ClO3. The lowest BCUT2D eigenvalue weighted by molar-refractivity contribution is -0.139. The van der Waals surface area contributed by atoms with Crippen molar-refractivity contribution in [1.82, 2.24) is 0 Å². The van der Waals surface area contributed by atoms with Gasteiger partial charge in [-0.2, -0.15) is 0 Å². The lowest BCUT2D eigenvalue weighted by atomic mass is 9.89. The van der Waals surface area contributed by atoms with Crippen LogP contribution >= 0.6 is 11.6 Å². The predicted octanol–water partition coefficient (Wildman–Crippen LogP) is 3.45. The maximum atomic E-state index is 10.7. The van der Waals surface area contributed by atoms with Gasteiger partial charge in [0.05, 0.1) is 0 Å². The van der Waals surface area contributed by atoms with Crippen molar-refractivity contribution in [1.29, 1.82) is 0 Å². The van der Waals surface area contributed by atoms with Crippen LogP contribution < -0.4 is 0 Å². The number of halogens is 1. The van der Waals surface area contributed by atoms with Crippen molar-refractivity contribution in [2.45, 2.75) is 18.9 Å². The van der Waals surface area contributed by atoms with Crippen LogP contribution in [0.5, 0.6) is 0 Å². The standard InChI is InChI=1S/C17H17ClO3/c1-13(19)21-11-5-9-17(20)10-8-15(16(18)12-17)14-6-3-2-4-7-14/h2-10,20H,11-12H2,1H3. The second-order valence-electron chi connectivity index (χ2n) is 4.89. The van der Waals surface area contributed by atoms with Gasteiger partial charge < -0.3 is 9.84 Å². The number of rotatable bonds is 4. The minimum absolute atomic E-state index is 0.137. The number of carbonyl (C=O) groups is 1. The van der Waals surface area contributed by atoms with Gasteiger partial charge in [-0.15, -0.1) is 0 Å². The Morgan fingerprint density at radius 2 is 2.14 bits per heavy atom. The second kappa shape index (κ2) is 6.74. The monoisotopic (exact) mass is 304 g/mol. The summed E-state index contributed by atoms with van der Waals surface area (Å²) in [5, 5.41) is 11.0. The van der Waals surface area contributed by atoms with Gasteiger partial charge in [0, 0.05) is 18.4 Å². The number of ether oxygens (including phenoxy) is 1. The van der Waals surface area contributed by atoms with E-state index in [4.69, 9.17) is 16.3 Å². The van der Waals surface area contributed by atoms with Gasteiger partial charge >= 0.3 is 5.97 Å². The number of hydrogen-bond acceptors (Lipinski definition) is 3. The largest absolute Gasteiger partial charge is 0.462 e. The van der Waals surface area contributed by atoms with Crippen LogP contribution in [0.4, 0.5) is 0 Å². The van der Waals surface area contributed by atoms with Crippen LogP contribution in [0.25, 0.3) is 5.57 Å². The number of esters is 1. The van der Waals surface area contributed by atoms with Gasteiger partial charge in [0.15, 0.2) is 0 Å². The number of carbonyl (C=O) groups excluding carboxylic acids is 1. The molecule has 1 unspecified atom stereocenters. The van der Waals surface area contributed by atoms with Crippen LogP contribution in [0.3, 0.4) is 0 Å². The molecule has 0 amide bonds. The molecule has 0 radical (unpaired) electrons. The van der Waals surface area contributed by atoms with Crippen molar-refractivity contribution in [2.24, 2.45) is 0 Å². The Kier molecular flexibility index (Phi) is 4.99. The van der Waals surface area contributed by atoms with Crippen LogP contribution in [0.2, 0.25) is 0 Å². The van der Waals surface area contributed by atoms with Gasteiger partial charge in [-0.25, -0.2) is 0 Å². The van der Waals surface area contributed by atoms with Crippen molar-refractivity contribution >= 4 is 23.1 Å². The maximum absolute atomic E-state index is 10.7. The fourth-order valence-corrected chi connectivity index (χ4v) is 2.51. The first-order chi connectivity index (χ1) is 10.0. The first kappa shape index (κ1) is 15.5. The fourth-order valence-electron chi connectivity index (χ4n) is 2.12.